The Morgan fingerprint density at radius 1 is 1.00 bits per heavy atom. The third kappa shape index (κ3) is 3.64. The van der Waals surface area contributed by atoms with Crippen LogP contribution in [-0.2, 0) is 13.0 Å². The first-order valence-electron chi connectivity index (χ1n) is 7.80. The van der Waals surface area contributed by atoms with Crippen molar-refractivity contribution in [1.82, 2.24) is 9.88 Å². The van der Waals surface area contributed by atoms with Gasteiger partial charge in [-0.2, -0.15) is 0 Å². The van der Waals surface area contributed by atoms with Crippen LogP contribution >= 0.6 is 0 Å². The van der Waals surface area contributed by atoms with Gasteiger partial charge in [0.15, 0.2) is 0 Å². The van der Waals surface area contributed by atoms with Crippen molar-refractivity contribution < 1.29 is 4.42 Å². The predicted octanol–water partition coefficient (Wildman–Crippen LogP) is 2.95. The van der Waals surface area contributed by atoms with Gasteiger partial charge in [0.25, 0.3) is 0 Å². The molecule has 0 amide bonds. The molecule has 0 unspecified atom stereocenters. The number of pyridine rings is 1. The van der Waals surface area contributed by atoms with Crippen molar-refractivity contribution in [1.29, 1.82) is 0 Å². The summed E-state index contributed by atoms with van der Waals surface area (Å²) in [6.45, 7) is 7.38. The van der Waals surface area contributed by atoms with E-state index in [0.29, 0.717) is 0 Å². The molecule has 4 heteroatoms. The Labute approximate surface area is 126 Å². The van der Waals surface area contributed by atoms with E-state index >= 15 is 0 Å². The summed E-state index contributed by atoms with van der Waals surface area (Å²) >= 11 is 0. The first-order chi connectivity index (χ1) is 10.3. The average molecular weight is 285 g/mol. The lowest BCUT2D eigenvalue weighted by Gasteiger charge is -2.35. The second kappa shape index (κ2) is 6.76. The monoisotopic (exact) mass is 285 g/mol. The number of furan rings is 1. The highest BCUT2D eigenvalue weighted by Gasteiger charge is 2.18. The van der Waals surface area contributed by atoms with Gasteiger partial charge in [0.05, 0.1) is 6.54 Å². The van der Waals surface area contributed by atoms with Gasteiger partial charge in [-0.05, 0) is 30.7 Å². The fourth-order valence-corrected chi connectivity index (χ4v) is 2.83. The first-order valence-corrected chi connectivity index (χ1v) is 7.80. The maximum absolute atomic E-state index is 5.87. The summed E-state index contributed by atoms with van der Waals surface area (Å²) in [7, 11) is 0. The van der Waals surface area contributed by atoms with E-state index in [2.05, 4.69) is 46.0 Å². The maximum atomic E-state index is 5.87. The molecular weight excluding hydrogens is 262 g/mol. The van der Waals surface area contributed by atoms with E-state index < -0.39 is 0 Å². The number of aromatic nitrogens is 1. The van der Waals surface area contributed by atoms with E-state index in [1.807, 2.05) is 12.4 Å². The summed E-state index contributed by atoms with van der Waals surface area (Å²) in [5.74, 6) is 2.21. The summed E-state index contributed by atoms with van der Waals surface area (Å²) < 4.78 is 5.87. The van der Waals surface area contributed by atoms with Crippen LogP contribution in [0.5, 0.6) is 0 Å². The standard InChI is InChI=1S/C17H23N3O/c1-2-3-16-4-5-17(21-16)14-19-10-12-20(13-11-19)15-6-8-18-9-7-15/h4-9H,2-3,10-14H2,1H3. The molecule has 0 bridgehead atoms. The van der Waals surface area contributed by atoms with Crippen molar-refractivity contribution in [2.75, 3.05) is 31.1 Å². The molecular formula is C17H23N3O. The molecule has 0 radical (unpaired) electrons. The number of piperazine rings is 1. The van der Waals surface area contributed by atoms with Crippen LogP contribution in [0.15, 0.2) is 41.1 Å². The number of aryl methyl sites for hydroxylation is 1. The molecule has 2 aromatic heterocycles. The minimum Gasteiger partial charge on any atom is -0.465 e. The molecule has 21 heavy (non-hydrogen) atoms. The first kappa shape index (κ1) is 14.1. The van der Waals surface area contributed by atoms with E-state index in [1.165, 1.54) is 5.69 Å². The van der Waals surface area contributed by atoms with Gasteiger partial charge in [-0.25, -0.2) is 0 Å². The summed E-state index contributed by atoms with van der Waals surface area (Å²) in [6, 6.07) is 8.41. The fraction of sp³-hybridized carbons (Fsp3) is 0.471. The highest BCUT2D eigenvalue weighted by molar-refractivity contribution is 5.44. The van der Waals surface area contributed by atoms with Crippen molar-refractivity contribution in [3.63, 3.8) is 0 Å². The molecule has 0 spiro atoms. The smallest absolute Gasteiger partial charge is 0.118 e. The molecule has 2 aromatic rings. The molecule has 0 aliphatic carbocycles. The maximum Gasteiger partial charge on any atom is 0.118 e. The van der Waals surface area contributed by atoms with Crippen molar-refractivity contribution >= 4 is 5.69 Å². The van der Waals surface area contributed by atoms with Gasteiger partial charge < -0.3 is 9.32 Å². The van der Waals surface area contributed by atoms with Crippen molar-refractivity contribution in [2.45, 2.75) is 26.3 Å². The molecule has 0 saturated carbocycles. The van der Waals surface area contributed by atoms with Gasteiger partial charge in [0, 0.05) is 50.7 Å². The van der Waals surface area contributed by atoms with Crippen LogP contribution in [0.1, 0.15) is 24.9 Å². The van der Waals surface area contributed by atoms with Crippen molar-refractivity contribution in [2.24, 2.45) is 0 Å². The molecule has 1 aliphatic heterocycles. The number of rotatable bonds is 5. The predicted molar refractivity (Wildman–Crippen MR) is 84.4 cm³/mol. The summed E-state index contributed by atoms with van der Waals surface area (Å²) in [6.07, 6.45) is 5.90. The topological polar surface area (TPSA) is 32.5 Å². The van der Waals surface area contributed by atoms with Gasteiger partial charge in [0.2, 0.25) is 0 Å². The second-order valence-corrected chi connectivity index (χ2v) is 5.59. The van der Waals surface area contributed by atoms with Gasteiger partial charge in [0.1, 0.15) is 11.5 Å². The highest BCUT2D eigenvalue weighted by Crippen LogP contribution is 2.17. The quantitative estimate of drug-likeness (QED) is 0.845. The lowest BCUT2D eigenvalue weighted by Crippen LogP contribution is -2.45. The van der Waals surface area contributed by atoms with Crippen LogP contribution in [0.2, 0.25) is 0 Å². The Morgan fingerprint density at radius 2 is 1.71 bits per heavy atom. The lowest BCUT2D eigenvalue weighted by atomic mass is 10.2. The Bertz CT molecular complexity index is 544. The zero-order chi connectivity index (χ0) is 14.5. The van der Waals surface area contributed by atoms with Crippen LogP contribution < -0.4 is 4.90 Å². The second-order valence-electron chi connectivity index (χ2n) is 5.59. The van der Waals surface area contributed by atoms with Crippen molar-refractivity contribution in [3.05, 3.63) is 48.2 Å². The zero-order valence-corrected chi connectivity index (χ0v) is 12.7. The van der Waals surface area contributed by atoms with E-state index in [1.54, 1.807) is 0 Å². The van der Waals surface area contributed by atoms with Crippen LogP contribution in [0.25, 0.3) is 0 Å². The van der Waals surface area contributed by atoms with Gasteiger partial charge in [-0.15, -0.1) is 0 Å². The van der Waals surface area contributed by atoms with Gasteiger partial charge in [-0.3, -0.25) is 9.88 Å². The average Bonchev–Trinajstić information content (AvgIpc) is 2.97. The molecule has 1 aliphatic rings. The Kier molecular flexibility index (Phi) is 4.55. The Morgan fingerprint density at radius 3 is 2.43 bits per heavy atom. The Hall–Kier alpha value is -1.81. The molecule has 3 rings (SSSR count). The van der Waals surface area contributed by atoms with Crippen LogP contribution in [0, 0.1) is 0 Å². The SMILES string of the molecule is CCCc1ccc(CN2CCN(c3ccncc3)CC2)o1. The fourth-order valence-electron chi connectivity index (χ4n) is 2.83. The minimum atomic E-state index is 0.925. The van der Waals surface area contributed by atoms with Crippen LogP contribution in [0.3, 0.4) is 0 Å². The van der Waals surface area contributed by atoms with Crippen molar-refractivity contribution in [3.8, 4) is 0 Å². The van der Waals surface area contributed by atoms with E-state index in [0.717, 1.165) is 57.1 Å². The van der Waals surface area contributed by atoms with Gasteiger partial charge >= 0.3 is 0 Å². The minimum absolute atomic E-state index is 0.925. The normalized spacial score (nSPS) is 16.3. The third-order valence-electron chi connectivity index (χ3n) is 3.99. The van der Waals surface area contributed by atoms with Crippen LogP contribution in [-0.4, -0.2) is 36.1 Å². The summed E-state index contributed by atoms with van der Waals surface area (Å²) in [5, 5.41) is 0. The molecule has 0 atom stereocenters. The molecule has 0 N–H and O–H groups in total. The molecule has 112 valence electrons. The highest BCUT2D eigenvalue weighted by atomic mass is 16.3. The zero-order valence-electron chi connectivity index (χ0n) is 12.7. The van der Waals surface area contributed by atoms with E-state index in [9.17, 15) is 0 Å². The van der Waals surface area contributed by atoms with Crippen LogP contribution in [0.4, 0.5) is 5.69 Å². The summed E-state index contributed by atoms with van der Waals surface area (Å²) in [5.41, 5.74) is 1.27. The summed E-state index contributed by atoms with van der Waals surface area (Å²) in [4.78, 5) is 8.96. The van der Waals surface area contributed by atoms with E-state index in [-0.39, 0.29) is 0 Å². The number of anilines is 1. The molecule has 3 heterocycles. The lowest BCUT2D eigenvalue weighted by molar-refractivity contribution is 0.228. The number of nitrogens with zero attached hydrogens (tertiary/aromatic N) is 3. The van der Waals surface area contributed by atoms with Gasteiger partial charge in [-0.1, -0.05) is 6.92 Å². The number of hydrogen-bond acceptors (Lipinski definition) is 4. The third-order valence-corrected chi connectivity index (χ3v) is 3.99. The molecule has 1 fully saturated rings. The van der Waals surface area contributed by atoms with E-state index in [4.69, 9.17) is 4.42 Å². The Balaban J connectivity index is 1.51. The number of hydrogen-bond donors (Lipinski definition) is 0. The largest absolute Gasteiger partial charge is 0.465 e. The molecule has 1 saturated heterocycles. The molecule has 0 aromatic carbocycles. The molecule has 4 nitrogen and oxygen atoms in total.